The van der Waals surface area contributed by atoms with E-state index in [-0.39, 0.29) is 28.7 Å². The van der Waals surface area contributed by atoms with Crippen molar-refractivity contribution < 1.29 is 9.59 Å². The van der Waals surface area contributed by atoms with Gasteiger partial charge in [0.05, 0.1) is 0 Å². The molecule has 2 amide bonds. The van der Waals surface area contributed by atoms with Crippen LogP contribution in [0.15, 0.2) is 12.7 Å². The molecule has 0 rings (SSSR count). The molecule has 0 saturated heterocycles. The maximum absolute atomic E-state index is 11.6. The monoisotopic (exact) mass is 268 g/mol. The lowest BCUT2D eigenvalue weighted by Gasteiger charge is -2.35. The number of carbonyl (C=O) groups is 2. The third-order valence-corrected chi connectivity index (χ3v) is 2.83. The Hall–Kier alpha value is -1.32. The van der Waals surface area contributed by atoms with Crippen LogP contribution >= 0.6 is 0 Å². The van der Waals surface area contributed by atoms with Gasteiger partial charge < -0.3 is 10.6 Å². The number of amides is 2. The Labute approximate surface area is 117 Å². The van der Waals surface area contributed by atoms with Gasteiger partial charge in [0.15, 0.2) is 0 Å². The highest BCUT2D eigenvalue weighted by molar-refractivity contribution is 5.87. The van der Waals surface area contributed by atoms with Crippen molar-refractivity contribution in [1.82, 2.24) is 10.6 Å². The topological polar surface area (TPSA) is 58.2 Å². The molecule has 0 saturated carbocycles. The summed E-state index contributed by atoms with van der Waals surface area (Å²) in [7, 11) is 0. The Morgan fingerprint density at radius 2 is 1.74 bits per heavy atom. The molecule has 0 aliphatic rings. The standard InChI is InChI=1S/C15H28N2O2/c1-8-12(18)17-15(6,7)9-14(4,5)10-16-13(19)11(2)3/h8,11H,1,9-10H2,2-7H3,(H,16,19)(H,17,18). The van der Waals surface area contributed by atoms with Crippen molar-refractivity contribution in [3.8, 4) is 0 Å². The molecular formula is C15H28N2O2. The van der Waals surface area contributed by atoms with Crippen LogP contribution in [0.3, 0.4) is 0 Å². The smallest absolute Gasteiger partial charge is 0.243 e. The van der Waals surface area contributed by atoms with E-state index in [4.69, 9.17) is 0 Å². The molecule has 0 aromatic carbocycles. The van der Waals surface area contributed by atoms with Gasteiger partial charge in [0, 0.05) is 18.0 Å². The molecule has 110 valence electrons. The molecule has 4 nitrogen and oxygen atoms in total. The Kier molecular flexibility index (Phi) is 6.27. The van der Waals surface area contributed by atoms with Crippen molar-refractivity contribution in [2.45, 2.75) is 53.5 Å². The SMILES string of the molecule is C=CC(=O)NC(C)(C)CC(C)(C)CNC(=O)C(C)C. The van der Waals surface area contributed by atoms with E-state index in [0.29, 0.717) is 6.54 Å². The summed E-state index contributed by atoms with van der Waals surface area (Å²) in [6, 6.07) is 0. The fourth-order valence-corrected chi connectivity index (χ4v) is 2.22. The van der Waals surface area contributed by atoms with Gasteiger partial charge in [-0.15, -0.1) is 0 Å². The van der Waals surface area contributed by atoms with E-state index in [1.54, 1.807) is 0 Å². The van der Waals surface area contributed by atoms with Crippen molar-refractivity contribution in [2.24, 2.45) is 11.3 Å². The van der Waals surface area contributed by atoms with Gasteiger partial charge in [-0.1, -0.05) is 34.3 Å². The zero-order valence-corrected chi connectivity index (χ0v) is 13.1. The third-order valence-electron chi connectivity index (χ3n) is 2.83. The van der Waals surface area contributed by atoms with Crippen LogP contribution in [-0.4, -0.2) is 23.9 Å². The fourth-order valence-electron chi connectivity index (χ4n) is 2.22. The van der Waals surface area contributed by atoms with Crippen LogP contribution in [0.2, 0.25) is 0 Å². The first kappa shape index (κ1) is 17.7. The summed E-state index contributed by atoms with van der Waals surface area (Å²) in [5.74, 6) is -0.127. The van der Waals surface area contributed by atoms with Crippen LogP contribution in [0.25, 0.3) is 0 Å². The molecule has 0 unspecified atom stereocenters. The molecule has 0 aliphatic heterocycles. The molecule has 0 aromatic rings. The maximum Gasteiger partial charge on any atom is 0.243 e. The third kappa shape index (κ3) is 7.65. The lowest BCUT2D eigenvalue weighted by molar-refractivity contribution is -0.124. The van der Waals surface area contributed by atoms with E-state index < -0.39 is 0 Å². The second kappa shape index (κ2) is 6.73. The number of nitrogens with one attached hydrogen (secondary N) is 2. The normalized spacial score (nSPS) is 12.2. The molecule has 0 radical (unpaired) electrons. The molecule has 0 fully saturated rings. The van der Waals surface area contributed by atoms with Crippen molar-refractivity contribution >= 4 is 11.8 Å². The molecule has 2 N–H and O–H groups in total. The lowest BCUT2D eigenvalue weighted by atomic mass is 9.80. The van der Waals surface area contributed by atoms with Crippen molar-refractivity contribution in [3.63, 3.8) is 0 Å². The first-order valence-corrected chi connectivity index (χ1v) is 6.71. The summed E-state index contributed by atoms with van der Waals surface area (Å²) >= 11 is 0. The fraction of sp³-hybridized carbons (Fsp3) is 0.733. The molecule has 19 heavy (non-hydrogen) atoms. The van der Waals surface area contributed by atoms with Gasteiger partial charge in [-0.3, -0.25) is 9.59 Å². The first-order valence-electron chi connectivity index (χ1n) is 6.71. The summed E-state index contributed by atoms with van der Waals surface area (Å²) in [4.78, 5) is 23.0. The average molecular weight is 268 g/mol. The van der Waals surface area contributed by atoms with Crippen LogP contribution in [-0.2, 0) is 9.59 Å². The number of rotatable bonds is 7. The van der Waals surface area contributed by atoms with Crippen LogP contribution in [0.4, 0.5) is 0 Å². The summed E-state index contributed by atoms with van der Waals surface area (Å²) in [5.41, 5.74) is -0.431. The lowest BCUT2D eigenvalue weighted by Crippen LogP contribution is -2.48. The minimum atomic E-state index is -0.336. The van der Waals surface area contributed by atoms with E-state index >= 15 is 0 Å². The van der Waals surface area contributed by atoms with Crippen LogP contribution in [0, 0.1) is 11.3 Å². The van der Waals surface area contributed by atoms with Crippen molar-refractivity contribution in [1.29, 1.82) is 0 Å². The predicted octanol–water partition coefficient (Wildman–Crippen LogP) is 2.26. The zero-order valence-electron chi connectivity index (χ0n) is 13.1. The van der Waals surface area contributed by atoms with E-state index in [9.17, 15) is 9.59 Å². The second-order valence-electron chi connectivity index (χ2n) is 6.79. The number of hydrogen-bond donors (Lipinski definition) is 2. The summed E-state index contributed by atoms with van der Waals surface area (Å²) in [6.07, 6.45) is 2.03. The highest BCUT2D eigenvalue weighted by Crippen LogP contribution is 2.27. The van der Waals surface area contributed by atoms with E-state index in [2.05, 4.69) is 31.1 Å². The van der Waals surface area contributed by atoms with Gasteiger partial charge in [-0.25, -0.2) is 0 Å². The predicted molar refractivity (Wildman–Crippen MR) is 78.7 cm³/mol. The molecule has 0 spiro atoms. The number of hydrogen-bond acceptors (Lipinski definition) is 2. The van der Waals surface area contributed by atoms with Crippen LogP contribution < -0.4 is 10.6 Å². The first-order chi connectivity index (χ1) is 8.49. The van der Waals surface area contributed by atoms with Crippen molar-refractivity contribution in [2.75, 3.05) is 6.54 Å². The van der Waals surface area contributed by atoms with Crippen LogP contribution in [0.1, 0.15) is 48.0 Å². The molecule has 0 heterocycles. The number of carbonyl (C=O) groups excluding carboxylic acids is 2. The molecule has 0 bridgehead atoms. The molecule has 0 aliphatic carbocycles. The highest BCUT2D eigenvalue weighted by Gasteiger charge is 2.30. The molecule has 0 aromatic heterocycles. The quantitative estimate of drug-likeness (QED) is 0.696. The highest BCUT2D eigenvalue weighted by atomic mass is 16.2. The van der Waals surface area contributed by atoms with Gasteiger partial charge in [-0.05, 0) is 31.8 Å². The Bertz CT molecular complexity index is 344. The van der Waals surface area contributed by atoms with Gasteiger partial charge in [-0.2, -0.15) is 0 Å². The minimum absolute atomic E-state index is 0.00993. The average Bonchev–Trinajstić information content (AvgIpc) is 2.23. The minimum Gasteiger partial charge on any atom is -0.355 e. The summed E-state index contributed by atoms with van der Waals surface area (Å²) in [5, 5.41) is 5.84. The largest absolute Gasteiger partial charge is 0.355 e. The summed E-state index contributed by atoms with van der Waals surface area (Å²) < 4.78 is 0. The van der Waals surface area contributed by atoms with E-state index in [1.807, 2.05) is 27.7 Å². The molecule has 4 heteroatoms. The van der Waals surface area contributed by atoms with Crippen LogP contribution in [0.5, 0.6) is 0 Å². The summed E-state index contributed by atoms with van der Waals surface area (Å²) in [6.45, 7) is 15.9. The van der Waals surface area contributed by atoms with Gasteiger partial charge in [0.2, 0.25) is 11.8 Å². The Morgan fingerprint density at radius 1 is 1.21 bits per heavy atom. The van der Waals surface area contributed by atoms with Crippen molar-refractivity contribution in [3.05, 3.63) is 12.7 Å². The van der Waals surface area contributed by atoms with E-state index in [1.165, 1.54) is 6.08 Å². The second-order valence-corrected chi connectivity index (χ2v) is 6.79. The molecular weight excluding hydrogens is 240 g/mol. The van der Waals surface area contributed by atoms with Gasteiger partial charge >= 0.3 is 0 Å². The van der Waals surface area contributed by atoms with Gasteiger partial charge in [0.25, 0.3) is 0 Å². The zero-order chi connectivity index (χ0) is 15.3. The molecule has 0 atom stereocenters. The maximum atomic E-state index is 11.6. The Morgan fingerprint density at radius 3 is 2.16 bits per heavy atom. The Balaban J connectivity index is 4.45. The van der Waals surface area contributed by atoms with E-state index in [0.717, 1.165) is 6.42 Å². The van der Waals surface area contributed by atoms with Gasteiger partial charge in [0.1, 0.15) is 0 Å².